The molecular formula is C33H52F3N3O8Si. The maximum atomic E-state index is 13.3. The van der Waals surface area contributed by atoms with Crippen molar-refractivity contribution in [3.8, 4) is 11.8 Å². The first-order valence-electron chi connectivity index (χ1n) is 16.4. The van der Waals surface area contributed by atoms with Gasteiger partial charge in [0, 0.05) is 20.9 Å². The van der Waals surface area contributed by atoms with Crippen LogP contribution in [-0.2, 0) is 28.6 Å². The van der Waals surface area contributed by atoms with E-state index >= 15 is 0 Å². The summed E-state index contributed by atoms with van der Waals surface area (Å²) in [6, 6.07) is -1.23. The minimum absolute atomic E-state index is 0.0149. The zero-order valence-corrected chi connectivity index (χ0v) is 30.2. The quantitative estimate of drug-likeness (QED) is 0.0735. The van der Waals surface area contributed by atoms with E-state index in [1.54, 1.807) is 27.7 Å². The number of amides is 3. The number of aliphatic hydroxyl groups is 1. The standard InChI is InChI=1S/C33H52F3N3O8Si/c1-9-45-29(43)32(38-27(41)26-19-24(40)21-39(26)30(44)47-31(3,4)5)20-23(32)15-13-11-10-12-14-16-25(37-28(42)33(34,35)36)22(2)46-17-18-48(6,7)8/h23-26,40H,2,9-12,14,16-21H2,1,3-8H3,(H,37,42)(H,38,41)/t23-,24-,25+,26+,32-/m1/s1. The number of likely N-dealkylation sites (tertiary alicyclic amines) is 1. The normalized spacial score (nSPS) is 22.9. The molecular weight excluding hydrogens is 651 g/mol. The summed E-state index contributed by atoms with van der Waals surface area (Å²) in [7, 11) is -1.44. The maximum absolute atomic E-state index is 13.3. The molecule has 3 amide bonds. The average Bonchev–Trinajstić information content (AvgIpc) is 3.48. The first-order chi connectivity index (χ1) is 22.1. The summed E-state index contributed by atoms with van der Waals surface area (Å²) in [6.07, 6.45) is -4.18. The monoisotopic (exact) mass is 703 g/mol. The molecule has 1 aliphatic carbocycles. The van der Waals surface area contributed by atoms with Crippen molar-refractivity contribution in [2.24, 2.45) is 5.92 Å². The third-order valence-corrected chi connectivity index (χ3v) is 9.52. The Morgan fingerprint density at radius 1 is 1.10 bits per heavy atom. The Morgan fingerprint density at radius 3 is 2.35 bits per heavy atom. The van der Waals surface area contributed by atoms with Crippen molar-refractivity contribution in [2.75, 3.05) is 19.8 Å². The number of esters is 1. The molecule has 3 N–H and O–H groups in total. The molecule has 11 nitrogen and oxygen atoms in total. The number of rotatable bonds is 15. The molecule has 272 valence electrons. The third-order valence-electron chi connectivity index (χ3n) is 7.82. The topological polar surface area (TPSA) is 144 Å². The lowest BCUT2D eigenvalue weighted by atomic mass is 10.1. The van der Waals surface area contributed by atoms with Gasteiger partial charge in [0.1, 0.15) is 17.4 Å². The Labute approximate surface area is 282 Å². The van der Waals surface area contributed by atoms with Gasteiger partial charge < -0.3 is 30.0 Å². The van der Waals surface area contributed by atoms with Crippen molar-refractivity contribution in [1.82, 2.24) is 15.5 Å². The van der Waals surface area contributed by atoms with Gasteiger partial charge in [-0.2, -0.15) is 13.2 Å². The largest absolute Gasteiger partial charge is 0.497 e. The minimum atomic E-state index is -5.02. The van der Waals surface area contributed by atoms with E-state index in [-0.39, 0.29) is 38.2 Å². The molecule has 1 aliphatic heterocycles. The fourth-order valence-corrected chi connectivity index (χ4v) is 5.79. The van der Waals surface area contributed by atoms with Crippen LogP contribution in [0.2, 0.25) is 25.7 Å². The Hall–Kier alpha value is -3.25. The van der Waals surface area contributed by atoms with Crippen molar-refractivity contribution < 1.29 is 51.7 Å². The van der Waals surface area contributed by atoms with Crippen LogP contribution in [0.3, 0.4) is 0 Å². The predicted octanol–water partition coefficient (Wildman–Crippen LogP) is 4.66. The van der Waals surface area contributed by atoms with Crippen LogP contribution in [0.5, 0.6) is 0 Å². The van der Waals surface area contributed by atoms with E-state index in [1.165, 1.54) is 0 Å². The molecule has 2 fully saturated rings. The Balaban J connectivity index is 1.95. The van der Waals surface area contributed by atoms with E-state index in [0.717, 1.165) is 10.9 Å². The van der Waals surface area contributed by atoms with E-state index < -0.39 is 73.4 Å². The van der Waals surface area contributed by atoms with Crippen LogP contribution >= 0.6 is 0 Å². The van der Waals surface area contributed by atoms with Crippen LogP contribution in [0, 0.1) is 17.8 Å². The summed E-state index contributed by atoms with van der Waals surface area (Å²) < 4.78 is 55.0. The number of β-amino-alcohol motifs (C(OH)–C–C–N with tert-alkyl or cyclic N) is 1. The SMILES string of the molecule is C=C(OCC[Si](C)(C)C)[C@H](CCCCCC#C[C@@H]1C[C@]1(NC(=O)[C@@H]1C[C@@H](O)CN1C(=O)OC(C)(C)C)C(=O)OCC)NC(=O)C(F)(F)F. The second-order valence-corrected chi connectivity index (χ2v) is 20.2. The van der Waals surface area contributed by atoms with E-state index in [1.807, 2.05) is 5.32 Å². The van der Waals surface area contributed by atoms with E-state index in [4.69, 9.17) is 14.2 Å². The van der Waals surface area contributed by atoms with Gasteiger partial charge >= 0.3 is 24.1 Å². The van der Waals surface area contributed by atoms with Gasteiger partial charge in [-0.1, -0.05) is 45.0 Å². The van der Waals surface area contributed by atoms with Gasteiger partial charge in [-0.15, -0.1) is 5.92 Å². The summed E-state index contributed by atoms with van der Waals surface area (Å²) in [6.45, 7) is 17.2. The number of hydrogen-bond donors (Lipinski definition) is 3. The van der Waals surface area contributed by atoms with E-state index in [0.29, 0.717) is 32.3 Å². The maximum Gasteiger partial charge on any atom is 0.471 e. The number of nitrogens with zero attached hydrogens (tertiary/aromatic N) is 1. The van der Waals surface area contributed by atoms with Crippen molar-refractivity contribution in [2.45, 2.75) is 134 Å². The Bertz CT molecular complexity index is 1240. The highest BCUT2D eigenvalue weighted by Gasteiger charge is 2.63. The summed E-state index contributed by atoms with van der Waals surface area (Å²) in [5, 5.41) is 14.9. The molecule has 0 aromatic rings. The molecule has 0 radical (unpaired) electrons. The smallest absolute Gasteiger partial charge is 0.471 e. The molecule has 48 heavy (non-hydrogen) atoms. The van der Waals surface area contributed by atoms with Gasteiger partial charge in [-0.05, 0) is 53.0 Å². The number of unbranched alkanes of at least 4 members (excludes halogenated alkanes) is 3. The number of halogens is 3. The number of aliphatic hydroxyl groups excluding tert-OH is 1. The highest BCUT2D eigenvalue weighted by Crippen LogP contribution is 2.44. The van der Waals surface area contributed by atoms with Gasteiger partial charge in [0.25, 0.3) is 0 Å². The second kappa shape index (κ2) is 16.9. The number of carbonyl (C=O) groups is 4. The molecule has 1 saturated carbocycles. The summed E-state index contributed by atoms with van der Waals surface area (Å²) in [4.78, 5) is 51.7. The van der Waals surface area contributed by atoms with Gasteiger partial charge in [0.15, 0.2) is 5.54 Å². The lowest BCUT2D eigenvalue weighted by Crippen LogP contribution is -2.54. The molecule has 15 heteroatoms. The Morgan fingerprint density at radius 2 is 1.77 bits per heavy atom. The molecule has 1 saturated heterocycles. The number of nitrogens with one attached hydrogen (secondary N) is 2. The first-order valence-corrected chi connectivity index (χ1v) is 20.1. The third kappa shape index (κ3) is 13.0. The average molecular weight is 704 g/mol. The summed E-state index contributed by atoms with van der Waals surface area (Å²) >= 11 is 0. The molecule has 1 heterocycles. The zero-order chi connectivity index (χ0) is 36.5. The van der Waals surface area contributed by atoms with E-state index in [9.17, 15) is 37.5 Å². The van der Waals surface area contributed by atoms with Gasteiger partial charge in [-0.3, -0.25) is 14.5 Å². The van der Waals surface area contributed by atoms with Crippen molar-refractivity contribution in [3.05, 3.63) is 12.3 Å². The number of ether oxygens (including phenoxy) is 3. The molecule has 0 unspecified atom stereocenters. The van der Waals surface area contributed by atoms with Crippen LogP contribution in [-0.4, -0.2) is 97.2 Å². The lowest BCUT2D eigenvalue weighted by molar-refractivity contribution is -0.174. The van der Waals surface area contributed by atoms with Gasteiger partial charge in [0.2, 0.25) is 5.91 Å². The highest BCUT2D eigenvalue weighted by atomic mass is 28.3. The highest BCUT2D eigenvalue weighted by molar-refractivity contribution is 6.76. The molecule has 2 aliphatic rings. The lowest BCUT2D eigenvalue weighted by Gasteiger charge is -2.28. The van der Waals surface area contributed by atoms with Crippen molar-refractivity contribution in [1.29, 1.82) is 0 Å². The number of hydrogen-bond acceptors (Lipinski definition) is 8. The Kier molecular flexibility index (Phi) is 14.4. The number of carbonyl (C=O) groups excluding carboxylic acids is 4. The van der Waals surface area contributed by atoms with E-state index in [2.05, 4.69) is 43.4 Å². The summed E-state index contributed by atoms with van der Waals surface area (Å²) in [5.74, 6) is 2.30. The summed E-state index contributed by atoms with van der Waals surface area (Å²) in [5.41, 5.74) is -2.19. The van der Waals surface area contributed by atoms with Gasteiger partial charge in [-0.25, -0.2) is 9.59 Å². The molecule has 0 spiro atoms. The fourth-order valence-electron chi connectivity index (χ4n) is 5.08. The first kappa shape index (κ1) is 40.9. The van der Waals surface area contributed by atoms with Crippen LogP contribution in [0.15, 0.2) is 12.3 Å². The minimum Gasteiger partial charge on any atom is -0.497 e. The van der Waals surface area contributed by atoms with Crippen LogP contribution in [0.4, 0.5) is 18.0 Å². The predicted molar refractivity (Wildman–Crippen MR) is 175 cm³/mol. The molecule has 2 rings (SSSR count). The molecule has 0 bridgehead atoms. The van der Waals surface area contributed by atoms with Crippen LogP contribution in [0.1, 0.15) is 72.6 Å². The van der Waals surface area contributed by atoms with Crippen molar-refractivity contribution in [3.63, 3.8) is 0 Å². The molecule has 5 atom stereocenters. The second-order valence-electron chi connectivity index (χ2n) is 14.5. The molecule has 0 aromatic heterocycles. The van der Waals surface area contributed by atoms with Crippen LogP contribution < -0.4 is 10.6 Å². The number of alkyl halides is 3. The molecule has 0 aromatic carbocycles. The van der Waals surface area contributed by atoms with Gasteiger partial charge in [0.05, 0.1) is 37.8 Å². The van der Waals surface area contributed by atoms with Crippen molar-refractivity contribution >= 4 is 32.0 Å². The van der Waals surface area contributed by atoms with Crippen LogP contribution in [0.25, 0.3) is 0 Å². The fraction of sp³-hybridized carbons (Fsp3) is 0.758. The zero-order valence-electron chi connectivity index (χ0n) is 29.2.